The highest BCUT2D eigenvalue weighted by Crippen LogP contribution is 2.30. The van der Waals surface area contributed by atoms with Crippen LogP contribution in [-0.4, -0.2) is 65.6 Å². The van der Waals surface area contributed by atoms with Gasteiger partial charge >= 0.3 is 0 Å². The molecule has 2 aliphatic heterocycles. The minimum atomic E-state index is -0.233. The van der Waals surface area contributed by atoms with Crippen molar-refractivity contribution in [2.24, 2.45) is 0 Å². The van der Waals surface area contributed by atoms with E-state index in [9.17, 15) is 8.78 Å². The number of piperazine rings is 1. The average Bonchev–Trinajstić information content (AvgIpc) is 2.93. The zero-order valence-electron chi connectivity index (χ0n) is 21.9. The topological polar surface area (TPSA) is 35.5 Å². The smallest absolute Gasteiger partial charge is 0.225 e. The highest BCUT2D eigenvalue weighted by atomic mass is 35.5. The zero-order chi connectivity index (χ0) is 25.5. The van der Waals surface area contributed by atoms with Gasteiger partial charge in [-0.3, -0.25) is 4.90 Å². The average molecular weight is 575 g/mol. The second kappa shape index (κ2) is 15.0. The lowest BCUT2D eigenvalue weighted by Gasteiger charge is -2.37. The molecule has 3 heterocycles. The summed E-state index contributed by atoms with van der Waals surface area (Å²) in [6.45, 7) is 6.88. The van der Waals surface area contributed by atoms with Gasteiger partial charge in [0.2, 0.25) is 5.95 Å². The van der Waals surface area contributed by atoms with E-state index in [1.54, 1.807) is 12.4 Å². The third-order valence-corrected chi connectivity index (χ3v) is 7.04. The highest BCUT2D eigenvalue weighted by Gasteiger charge is 2.22. The van der Waals surface area contributed by atoms with Crippen molar-refractivity contribution in [2.45, 2.75) is 19.3 Å². The third-order valence-electron chi connectivity index (χ3n) is 7.04. The maximum atomic E-state index is 13.5. The van der Waals surface area contributed by atoms with Crippen LogP contribution >= 0.6 is 24.8 Å². The number of aromatic nitrogens is 2. The van der Waals surface area contributed by atoms with Crippen molar-refractivity contribution < 1.29 is 8.78 Å². The maximum absolute atomic E-state index is 13.5. The molecule has 0 N–H and O–H groups in total. The largest absolute Gasteiger partial charge is 0.371 e. The van der Waals surface area contributed by atoms with Gasteiger partial charge in [0.15, 0.2) is 0 Å². The van der Waals surface area contributed by atoms with Gasteiger partial charge in [-0.1, -0.05) is 24.3 Å². The highest BCUT2D eigenvalue weighted by molar-refractivity contribution is 5.85. The van der Waals surface area contributed by atoms with Crippen LogP contribution in [0.1, 0.15) is 30.4 Å². The minimum Gasteiger partial charge on any atom is -0.371 e. The standard InChI is InChI=1S/C30H33F2N5.2ClH/c31-27-9-5-24(6-10-27)22-26-4-1-16-36(29(26)23-25-7-11-28(32)12-8-25)17-3-15-35-18-20-37(21-19-35)30-33-13-2-14-34-30;;/h2,5-14,22-23H,1,3-4,15-21H2;2*1H. The summed E-state index contributed by atoms with van der Waals surface area (Å²) in [6, 6.07) is 15.1. The number of anilines is 1. The Hall–Kier alpha value is -3.00. The van der Waals surface area contributed by atoms with Gasteiger partial charge in [-0.05, 0) is 85.0 Å². The molecule has 0 saturated carbocycles. The molecule has 0 atom stereocenters. The molecule has 5 nitrogen and oxygen atoms in total. The van der Waals surface area contributed by atoms with E-state index in [-0.39, 0.29) is 36.4 Å². The summed E-state index contributed by atoms with van der Waals surface area (Å²) in [4.78, 5) is 16.0. The summed E-state index contributed by atoms with van der Waals surface area (Å²) in [5.74, 6) is 0.349. The van der Waals surface area contributed by atoms with E-state index in [1.807, 2.05) is 30.3 Å². The Bertz CT molecular complexity index is 1210. The number of benzene rings is 2. The molecular formula is C30H35Cl2F2N5. The zero-order valence-corrected chi connectivity index (χ0v) is 23.5. The predicted octanol–water partition coefficient (Wildman–Crippen LogP) is 6.33. The molecular weight excluding hydrogens is 539 g/mol. The first-order chi connectivity index (χ1) is 18.1. The Kier molecular flexibility index (Phi) is 11.7. The Balaban J connectivity index is 0.00000210. The van der Waals surface area contributed by atoms with Crippen LogP contribution in [0.25, 0.3) is 12.2 Å². The maximum Gasteiger partial charge on any atom is 0.225 e. The van der Waals surface area contributed by atoms with E-state index in [0.29, 0.717) is 0 Å². The van der Waals surface area contributed by atoms with Gasteiger partial charge in [-0.15, -0.1) is 24.8 Å². The van der Waals surface area contributed by atoms with Crippen LogP contribution in [0.15, 0.2) is 78.3 Å². The Morgan fingerprint density at radius 3 is 1.92 bits per heavy atom. The molecule has 2 aliphatic rings. The lowest BCUT2D eigenvalue weighted by Crippen LogP contribution is -2.47. The molecule has 2 fully saturated rings. The molecule has 0 spiro atoms. The van der Waals surface area contributed by atoms with Crippen LogP contribution < -0.4 is 4.90 Å². The molecule has 1 aromatic heterocycles. The van der Waals surface area contributed by atoms with Crippen LogP contribution in [0.2, 0.25) is 0 Å². The molecule has 5 rings (SSSR count). The molecule has 208 valence electrons. The Morgan fingerprint density at radius 2 is 1.31 bits per heavy atom. The molecule has 0 unspecified atom stereocenters. The van der Waals surface area contributed by atoms with E-state index < -0.39 is 0 Å². The lowest BCUT2D eigenvalue weighted by atomic mass is 9.96. The Morgan fingerprint density at radius 1 is 0.718 bits per heavy atom. The molecule has 9 heteroatoms. The molecule has 2 saturated heterocycles. The first-order valence-electron chi connectivity index (χ1n) is 13.1. The number of rotatable bonds is 7. The fraction of sp³-hybridized carbons (Fsp3) is 0.333. The quantitative estimate of drug-likeness (QED) is 0.330. The summed E-state index contributed by atoms with van der Waals surface area (Å²) in [7, 11) is 0. The number of hydrogen-bond donors (Lipinski definition) is 0. The minimum absolute atomic E-state index is 0. The number of hydrogen-bond acceptors (Lipinski definition) is 5. The number of halogens is 4. The summed E-state index contributed by atoms with van der Waals surface area (Å²) < 4.78 is 27.0. The van der Waals surface area contributed by atoms with E-state index >= 15 is 0 Å². The molecule has 2 aromatic carbocycles. The van der Waals surface area contributed by atoms with E-state index in [1.165, 1.54) is 35.5 Å². The van der Waals surface area contributed by atoms with E-state index in [4.69, 9.17) is 0 Å². The van der Waals surface area contributed by atoms with Gasteiger partial charge in [0.1, 0.15) is 11.6 Å². The molecule has 0 aliphatic carbocycles. The van der Waals surface area contributed by atoms with Gasteiger partial charge in [0.25, 0.3) is 0 Å². The number of allylic oxidation sites excluding steroid dienone is 1. The van der Waals surface area contributed by atoms with Crippen LogP contribution in [0.4, 0.5) is 14.7 Å². The normalized spacial score (nSPS) is 18.1. The van der Waals surface area contributed by atoms with Crippen molar-refractivity contribution in [3.63, 3.8) is 0 Å². The van der Waals surface area contributed by atoms with Crippen molar-refractivity contribution in [1.29, 1.82) is 0 Å². The van der Waals surface area contributed by atoms with Crippen molar-refractivity contribution in [3.05, 3.63) is 101 Å². The fourth-order valence-corrected chi connectivity index (χ4v) is 5.06. The van der Waals surface area contributed by atoms with E-state index in [0.717, 1.165) is 82.2 Å². The number of nitrogens with zero attached hydrogens (tertiary/aromatic N) is 5. The number of likely N-dealkylation sites (tertiary alicyclic amines) is 1. The van der Waals surface area contributed by atoms with Gasteiger partial charge < -0.3 is 9.80 Å². The van der Waals surface area contributed by atoms with Crippen LogP contribution in [0.3, 0.4) is 0 Å². The third kappa shape index (κ3) is 8.49. The van der Waals surface area contributed by atoms with Gasteiger partial charge in [-0.25, -0.2) is 18.7 Å². The summed E-state index contributed by atoms with van der Waals surface area (Å²) in [5, 5.41) is 0. The molecule has 0 bridgehead atoms. The molecule has 0 radical (unpaired) electrons. The number of piperidine rings is 1. The van der Waals surface area contributed by atoms with Crippen LogP contribution in [0, 0.1) is 11.6 Å². The first kappa shape index (κ1) is 30.5. The van der Waals surface area contributed by atoms with Gasteiger partial charge in [-0.2, -0.15) is 0 Å². The second-order valence-electron chi connectivity index (χ2n) is 9.62. The predicted molar refractivity (Wildman–Crippen MR) is 159 cm³/mol. The molecule has 39 heavy (non-hydrogen) atoms. The van der Waals surface area contributed by atoms with Crippen molar-refractivity contribution in [1.82, 2.24) is 19.8 Å². The van der Waals surface area contributed by atoms with Crippen molar-refractivity contribution in [3.8, 4) is 0 Å². The van der Waals surface area contributed by atoms with Crippen LogP contribution in [0.5, 0.6) is 0 Å². The Labute approximate surface area is 242 Å². The SMILES string of the molecule is Cl.Cl.Fc1ccc(C=C2CCCN(CCCN3CCN(c4ncccn4)CC3)C2=Cc2ccc(F)cc2)cc1. The molecule has 3 aromatic rings. The van der Waals surface area contributed by atoms with Gasteiger partial charge in [0.05, 0.1) is 0 Å². The van der Waals surface area contributed by atoms with Gasteiger partial charge in [0, 0.05) is 57.4 Å². The second-order valence-corrected chi connectivity index (χ2v) is 9.62. The van der Waals surface area contributed by atoms with Crippen molar-refractivity contribution in [2.75, 3.05) is 50.7 Å². The lowest BCUT2D eigenvalue weighted by molar-refractivity contribution is 0.232. The summed E-state index contributed by atoms with van der Waals surface area (Å²) in [5.41, 5.74) is 4.38. The fourth-order valence-electron chi connectivity index (χ4n) is 5.06. The van der Waals surface area contributed by atoms with E-state index in [2.05, 4.69) is 36.8 Å². The van der Waals surface area contributed by atoms with Crippen LogP contribution in [-0.2, 0) is 0 Å². The van der Waals surface area contributed by atoms with Crippen molar-refractivity contribution >= 4 is 42.9 Å². The summed E-state index contributed by atoms with van der Waals surface area (Å²) >= 11 is 0. The monoisotopic (exact) mass is 573 g/mol. The summed E-state index contributed by atoms with van der Waals surface area (Å²) in [6.07, 6.45) is 11.0. The molecule has 0 amide bonds. The first-order valence-corrected chi connectivity index (χ1v) is 13.1.